The summed E-state index contributed by atoms with van der Waals surface area (Å²) in [5.41, 5.74) is 2.15. The molecule has 0 aliphatic rings. The molecule has 0 radical (unpaired) electrons. The number of carboxylic acids is 1. The Kier molecular flexibility index (Phi) is 4.13. The van der Waals surface area contributed by atoms with Crippen molar-refractivity contribution < 1.29 is 9.90 Å². The second kappa shape index (κ2) is 5.64. The Hall–Kier alpha value is -1.51. The minimum atomic E-state index is -0.932. The number of hydrogen-bond donors (Lipinski definition) is 1. The summed E-state index contributed by atoms with van der Waals surface area (Å²) in [5, 5.41) is 10.2. The van der Waals surface area contributed by atoms with Crippen molar-refractivity contribution in [1.82, 2.24) is 0 Å². The minimum Gasteiger partial charge on any atom is -0.478 e. The lowest BCUT2D eigenvalue weighted by Gasteiger charge is -2.14. The molecule has 0 spiro atoms. The standard InChI is InChI=1S/C15H12Cl2O2/c1-9(12-6-13(16)8-14(17)7-12)10-3-2-4-11(5-10)15(18)19/h2-9H,1H3,(H,18,19). The maximum Gasteiger partial charge on any atom is 0.335 e. The molecule has 2 nitrogen and oxygen atoms in total. The Balaban J connectivity index is 2.40. The molecule has 0 aromatic heterocycles. The summed E-state index contributed by atoms with van der Waals surface area (Å²) in [6, 6.07) is 12.2. The molecule has 0 bridgehead atoms. The van der Waals surface area contributed by atoms with Crippen LogP contribution in [0.15, 0.2) is 42.5 Å². The van der Waals surface area contributed by atoms with E-state index in [9.17, 15) is 4.79 Å². The van der Waals surface area contributed by atoms with Gasteiger partial charge in [0.05, 0.1) is 5.56 Å². The molecule has 0 saturated carbocycles. The predicted octanol–water partition coefficient (Wildman–Crippen LogP) is 4.84. The highest BCUT2D eigenvalue weighted by Crippen LogP contribution is 2.29. The van der Waals surface area contributed by atoms with Crippen LogP contribution in [-0.4, -0.2) is 11.1 Å². The molecule has 1 N–H and O–H groups in total. The van der Waals surface area contributed by atoms with Gasteiger partial charge in [0.15, 0.2) is 0 Å². The number of benzene rings is 2. The summed E-state index contributed by atoms with van der Waals surface area (Å²) in [7, 11) is 0. The van der Waals surface area contributed by atoms with Crippen molar-refractivity contribution in [2.24, 2.45) is 0 Å². The van der Waals surface area contributed by atoms with Gasteiger partial charge in [-0.1, -0.05) is 42.3 Å². The lowest BCUT2D eigenvalue weighted by molar-refractivity contribution is 0.0697. The van der Waals surface area contributed by atoms with E-state index in [1.807, 2.05) is 25.1 Å². The van der Waals surface area contributed by atoms with E-state index < -0.39 is 5.97 Å². The van der Waals surface area contributed by atoms with Gasteiger partial charge < -0.3 is 5.11 Å². The van der Waals surface area contributed by atoms with Crippen molar-refractivity contribution in [2.45, 2.75) is 12.8 Å². The Morgan fingerprint density at radius 3 is 2.26 bits per heavy atom. The normalized spacial score (nSPS) is 12.2. The highest BCUT2D eigenvalue weighted by Gasteiger charge is 2.12. The summed E-state index contributed by atoms with van der Waals surface area (Å²) in [6.45, 7) is 1.99. The molecule has 0 fully saturated rings. The monoisotopic (exact) mass is 294 g/mol. The zero-order valence-corrected chi connectivity index (χ0v) is 11.7. The van der Waals surface area contributed by atoms with E-state index in [-0.39, 0.29) is 11.5 Å². The van der Waals surface area contributed by atoms with Gasteiger partial charge in [-0.2, -0.15) is 0 Å². The van der Waals surface area contributed by atoms with Gasteiger partial charge in [0.1, 0.15) is 0 Å². The molecule has 1 atom stereocenters. The number of rotatable bonds is 3. The molecule has 0 aliphatic heterocycles. The predicted molar refractivity (Wildman–Crippen MR) is 77.4 cm³/mol. The molecule has 0 amide bonds. The molecule has 19 heavy (non-hydrogen) atoms. The summed E-state index contributed by atoms with van der Waals surface area (Å²) >= 11 is 12.0. The fourth-order valence-electron chi connectivity index (χ4n) is 1.96. The van der Waals surface area contributed by atoms with Crippen LogP contribution in [-0.2, 0) is 0 Å². The second-order valence-corrected chi connectivity index (χ2v) is 5.23. The molecule has 2 aromatic carbocycles. The lowest BCUT2D eigenvalue weighted by atomic mass is 9.92. The van der Waals surface area contributed by atoms with Crippen LogP contribution in [0.25, 0.3) is 0 Å². The first-order valence-electron chi connectivity index (χ1n) is 5.76. The summed E-state index contributed by atoms with van der Waals surface area (Å²) in [5.74, 6) is -0.909. The number of aromatic carboxylic acids is 1. The molecule has 0 aliphatic carbocycles. The molecule has 0 heterocycles. The van der Waals surface area contributed by atoms with Crippen LogP contribution in [0.1, 0.15) is 34.3 Å². The molecule has 4 heteroatoms. The van der Waals surface area contributed by atoms with Gasteiger partial charge in [0, 0.05) is 16.0 Å². The van der Waals surface area contributed by atoms with Gasteiger partial charge in [-0.05, 0) is 41.5 Å². The van der Waals surface area contributed by atoms with Crippen LogP contribution in [0.4, 0.5) is 0 Å². The van der Waals surface area contributed by atoms with Crippen LogP contribution in [0.2, 0.25) is 10.0 Å². The maximum atomic E-state index is 11.0. The number of carbonyl (C=O) groups is 1. The van der Waals surface area contributed by atoms with Gasteiger partial charge in [-0.25, -0.2) is 4.79 Å². The minimum absolute atomic E-state index is 0.0236. The fraction of sp³-hybridized carbons (Fsp3) is 0.133. The lowest BCUT2D eigenvalue weighted by Crippen LogP contribution is -2.01. The first-order valence-corrected chi connectivity index (χ1v) is 6.52. The van der Waals surface area contributed by atoms with E-state index in [1.54, 1.807) is 24.3 Å². The van der Waals surface area contributed by atoms with E-state index in [4.69, 9.17) is 28.3 Å². The Labute approximate surface area is 121 Å². The van der Waals surface area contributed by atoms with Crippen LogP contribution in [0.3, 0.4) is 0 Å². The van der Waals surface area contributed by atoms with Gasteiger partial charge in [-0.15, -0.1) is 0 Å². The molecule has 1 unspecified atom stereocenters. The van der Waals surface area contributed by atoms with E-state index in [2.05, 4.69) is 0 Å². The van der Waals surface area contributed by atoms with E-state index in [0.717, 1.165) is 11.1 Å². The third kappa shape index (κ3) is 3.28. The molecular formula is C15H12Cl2O2. The van der Waals surface area contributed by atoms with Crippen molar-refractivity contribution >= 4 is 29.2 Å². The largest absolute Gasteiger partial charge is 0.478 e. The molecule has 98 valence electrons. The summed E-state index contributed by atoms with van der Waals surface area (Å²) in [4.78, 5) is 11.0. The van der Waals surface area contributed by atoms with Gasteiger partial charge in [-0.3, -0.25) is 0 Å². The first kappa shape index (κ1) is 13.9. The summed E-state index contributed by atoms with van der Waals surface area (Å²) < 4.78 is 0. The number of halogens is 2. The van der Waals surface area contributed by atoms with Gasteiger partial charge in [0.2, 0.25) is 0 Å². The van der Waals surface area contributed by atoms with Crippen LogP contribution >= 0.6 is 23.2 Å². The van der Waals surface area contributed by atoms with E-state index in [0.29, 0.717) is 10.0 Å². The van der Waals surface area contributed by atoms with Crippen LogP contribution < -0.4 is 0 Å². The number of hydrogen-bond acceptors (Lipinski definition) is 1. The Bertz CT molecular complexity index is 603. The average Bonchev–Trinajstić information content (AvgIpc) is 2.37. The van der Waals surface area contributed by atoms with Crippen molar-refractivity contribution in [1.29, 1.82) is 0 Å². The first-order chi connectivity index (χ1) is 8.97. The quantitative estimate of drug-likeness (QED) is 0.879. The third-order valence-corrected chi connectivity index (χ3v) is 3.45. The highest BCUT2D eigenvalue weighted by molar-refractivity contribution is 6.34. The number of carboxylic acid groups (broad SMARTS) is 1. The molecule has 2 rings (SSSR count). The topological polar surface area (TPSA) is 37.3 Å². The molecular weight excluding hydrogens is 283 g/mol. The third-order valence-electron chi connectivity index (χ3n) is 3.02. The van der Waals surface area contributed by atoms with Crippen molar-refractivity contribution in [3.05, 3.63) is 69.2 Å². The van der Waals surface area contributed by atoms with E-state index in [1.165, 1.54) is 0 Å². The Morgan fingerprint density at radius 1 is 1.05 bits per heavy atom. The zero-order valence-electron chi connectivity index (χ0n) is 10.2. The zero-order chi connectivity index (χ0) is 14.0. The van der Waals surface area contributed by atoms with Crippen molar-refractivity contribution in [3.8, 4) is 0 Å². The van der Waals surface area contributed by atoms with Crippen LogP contribution in [0.5, 0.6) is 0 Å². The SMILES string of the molecule is CC(c1cc(Cl)cc(Cl)c1)c1cccc(C(=O)O)c1. The van der Waals surface area contributed by atoms with Crippen LogP contribution in [0, 0.1) is 0 Å². The van der Waals surface area contributed by atoms with Crippen molar-refractivity contribution in [3.63, 3.8) is 0 Å². The smallest absolute Gasteiger partial charge is 0.335 e. The Morgan fingerprint density at radius 2 is 1.68 bits per heavy atom. The molecule has 0 saturated heterocycles. The van der Waals surface area contributed by atoms with Gasteiger partial charge in [0.25, 0.3) is 0 Å². The van der Waals surface area contributed by atoms with E-state index >= 15 is 0 Å². The second-order valence-electron chi connectivity index (χ2n) is 4.36. The van der Waals surface area contributed by atoms with Gasteiger partial charge >= 0.3 is 5.97 Å². The maximum absolute atomic E-state index is 11.0. The fourth-order valence-corrected chi connectivity index (χ4v) is 2.50. The van der Waals surface area contributed by atoms with Crippen molar-refractivity contribution in [2.75, 3.05) is 0 Å². The highest BCUT2D eigenvalue weighted by atomic mass is 35.5. The average molecular weight is 295 g/mol. The molecule has 2 aromatic rings. The summed E-state index contributed by atoms with van der Waals surface area (Å²) in [6.07, 6.45) is 0.